The summed E-state index contributed by atoms with van der Waals surface area (Å²) in [4.78, 5) is 2.55. The SMILES string of the molecule is CC1C(c2ccccc2)=CC(c2ccccc2)=CC1N1c2ccccc2C=Cc2ccccc21. The van der Waals surface area contributed by atoms with E-state index in [1.54, 1.807) is 0 Å². The minimum absolute atomic E-state index is 0.164. The molecule has 0 radical (unpaired) electrons. The first-order valence-corrected chi connectivity index (χ1v) is 12.0. The Morgan fingerprint density at radius 2 is 1.06 bits per heavy atom. The molecule has 0 fully saturated rings. The quantitative estimate of drug-likeness (QED) is 0.310. The van der Waals surface area contributed by atoms with Crippen molar-refractivity contribution in [1.82, 2.24) is 0 Å². The Bertz CT molecular complexity index is 1360. The van der Waals surface area contributed by atoms with Crippen molar-refractivity contribution < 1.29 is 0 Å². The first-order chi connectivity index (χ1) is 16.8. The van der Waals surface area contributed by atoms with Crippen molar-refractivity contribution in [2.75, 3.05) is 4.90 Å². The van der Waals surface area contributed by atoms with Crippen molar-refractivity contribution >= 4 is 34.7 Å². The van der Waals surface area contributed by atoms with Gasteiger partial charge >= 0.3 is 0 Å². The molecule has 0 amide bonds. The molecule has 0 spiro atoms. The molecular formula is C33H27N. The Morgan fingerprint density at radius 1 is 0.559 bits per heavy atom. The van der Waals surface area contributed by atoms with Crippen LogP contribution in [0.25, 0.3) is 23.3 Å². The molecule has 1 nitrogen and oxygen atoms in total. The monoisotopic (exact) mass is 437 g/mol. The molecule has 1 aliphatic heterocycles. The number of rotatable bonds is 3. The molecule has 164 valence electrons. The van der Waals surface area contributed by atoms with Gasteiger partial charge in [0.25, 0.3) is 0 Å². The van der Waals surface area contributed by atoms with E-state index in [0.717, 1.165) is 0 Å². The van der Waals surface area contributed by atoms with Gasteiger partial charge in [-0.05, 0) is 45.5 Å². The maximum absolute atomic E-state index is 2.55. The number of fused-ring (bicyclic) bond motifs is 2. The third-order valence-corrected chi connectivity index (χ3v) is 7.01. The van der Waals surface area contributed by atoms with Crippen molar-refractivity contribution in [3.8, 4) is 0 Å². The first-order valence-electron chi connectivity index (χ1n) is 12.0. The van der Waals surface area contributed by atoms with Gasteiger partial charge < -0.3 is 4.90 Å². The van der Waals surface area contributed by atoms with Crippen LogP contribution in [0.3, 0.4) is 0 Å². The average Bonchev–Trinajstić information content (AvgIpc) is 3.07. The largest absolute Gasteiger partial charge is 0.333 e. The molecule has 34 heavy (non-hydrogen) atoms. The predicted molar refractivity (Wildman–Crippen MR) is 146 cm³/mol. The highest BCUT2D eigenvalue weighted by atomic mass is 15.2. The van der Waals surface area contributed by atoms with Crippen LogP contribution in [-0.4, -0.2) is 6.04 Å². The maximum atomic E-state index is 2.55. The summed E-state index contributed by atoms with van der Waals surface area (Å²) in [6.07, 6.45) is 9.35. The highest BCUT2D eigenvalue weighted by Gasteiger charge is 2.33. The Morgan fingerprint density at radius 3 is 1.65 bits per heavy atom. The van der Waals surface area contributed by atoms with Crippen molar-refractivity contribution in [1.29, 1.82) is 0 Å². The molecule has 6 rings (SSSR count). The molecule has 0 saturated carbocycles. The molecule has 0 bridgehead atoms. The summed E-state index contributed by atoms with van der Waals surface area (Å²) < 4.78 is 0. The van der Waals surface area contributed by atoms with Gasteiger partial charge in [-0.25, -0.2) is 0 Å². The van der Waals surface area contributed by atoms with Crippen molar-refractivity contribution in [3.63, 3.8) is 0 Å². The Kier molecular flexibility index (Phi) is 5.24. The summed E-state index contributed by atoms with van der Waals surface area (Å²) >= 11 is 0. The van der Waals surface area contributed by atoms with Crippen LogP contribution in [0.2, 0.25) is 0 Å². The van der Waals surface area contributed by atoms with Crippen molar-refractivity contribution in [3.05, 3.63) is 144 Å². The highest BCUT2D eigenvalue weighted by molar-refractivity contribution is 5.93. The predicted octanol–water partition coefficient (Wildman–Crippen LogP) is 8.49. The van der Waals surface area contributed by atoms with Gasteiger partial charge in [-0.1, -0.05) is 128 Å². The molecule has 4 aromatic rings. The van der Waals surface area contributed by atoms with Crippen LogP contribution in [-0.2, 0) is 0 Å². The molecule has 1 aliphatic carbocycles. The van der Waals surface area contributed by atoms with Crippen LogP contribution >= 0.6 is 0 Å². The second-order valence-electron chi connectivity index (χ2n) is 9.05. The van der Waals surface area contributed by atoms with Gasteiger partial charge in [-0.3, -0.25) is 0 Å². The molecule has 2 aliphatic rings. The summed E-state index contributed by atoms with van der Waals surface area (Å²) in [5.74, 6) is 0.300. The molecule has 1 heteroatoms. The lowest BCUT2D eigenvalue weighted by molar-refractivity contribution is 0.627. The number of para-hydroxylation sites is 2. The van der Waals surface area contributed by atoms with Crippen molar-refractivity contribution in [2.45, 2.75) is 13.0 Å². The van der Waals surface area contributed by atoms with E-state index in [9.17, 15) is 0 Å². The highest BCUT2D eigenvalue weighted by Crippen LogP contribution is 2.44. The molecule has 0 aromatic heterocycles. The van der Waals surface area contributed by atoms with Gasteiger partial charge in [0.1, 0.15) is 0 Å². The zero-order valence-corrected chi connectivity index (χ0v) is 19.3. The third kappa shape index (κ3) is 3.60. The van der Waals surface area contributed by atoms with Crippen LogP contribution in [0.15, 0.2) is 121 Å². The fraction of sp³-hybridized carbons (Fsp3) is 0.0909. The molecule has 2 unspecified atom stereocenters. The van der Waals surface area contributed by atoms with E-state index in [1.165, 1.54) is 44.8 Å². The summed E-state index contributed by atoms with van der Waals surface area (Å²) in [6.45, 7) is 2.37. The zero-order valence-electron chi connectivity index (χ0n) is 19.3. The molecule has 1 heterocycles. The van der Waals surface area contributed by atoms with Gasteiger partial charge in [0.05, 0.1) is 6.04 Å². The zero-order chi connectivity index (χ0) is 22.9. The molecule has 4 aromatic carbocycles. The van der Waals surface area contributed by atoms with Crippen LogP contribution in [0, 0.1) is 5.92 Å². The molecular weight excluding hydrogens is 410 g/mol. The second kappa shape index (κ2) is 8.68. The number of anilines is 2. The third-order valence-electron chi connectivity index (χ3n) is 7.01. The van der Waals surface area contributed by atoms with E-state index in [0.29, 0.717) is 5.92 Å². The molecule has 0 N–H and O–H groups in total. The van der Waals surface area contributed by atoms with Crippen LogP contribution < -0.4 is 4.90 Å². The number of hydrogen-bond acceptors (Lipinski definition) is 1. The Balaban J connectivity index is 1.57. The van der Waals surface area contributed by atoms with Crippen LogP contribution in [0.1, 0.15) is 29.2 Å². The van der Waals surface area contributed by atoms with Gasteiger partial charge in [0.15, 0.2) is 0 Å². The van der Waals surface area contributed by atoms with Gasteiger partial charge in [0, 0.05) is 17.3 Å². The summed E-state index contributed by atoms with van der Waals surface area (Å²) in [7, 11) is 0. The summed E-state index contributed by atoms with van der Waals surface area (Å²) in [6, 6.07) is 39.3. The van der Waals surface area contributed by atoms with Crippen LogP contribution in [0.5, 0.6) is 0 Å². The lowest BCUT2D eigenvalue weighted by Crippen LogP contribution is -2.37. The normalized spacial score (nSPS) is 18.9. The average molecular weight is 438 g/mol. The Labute approximate surface area is 202 Å². The van der Waals surface area contributed by atoms with E-state index in [-0.39, 0.29) is 6.04 Å². The maximum Gasteiger partial charge on any atom is 0.0597 e. The van der Waals surface area contributed by atoms with E-state index >= 15 is 0 Å². The second-order valence-corrected chi connectivity index (χ2v) is 9.05. The standard InChI is InChI=1S/C33H27N/c1-24-30(26-14-6-3-7-15-26)22-29(25-12-4-2-5-13-25)23-33(24)34-31-18-10-8-16-27(31)20-21-28-17-9-11-19-32(28)34/h2-24,33H,1H3. The van der Waals surface area contributed by atoms with Crippen molar-refractivity contribution in [2.24, 2.45) is 5.92 Å². The number of allylic oxidation sites excluding steroid dienone is 2. The number of benzene rings is 4. The summed E-state index contributed by atoms with van der Waals surface area (Å²) in [5, 5.41) is 0. The number of hydrogen-bond donors (Lipinski definition) is 0. The fourth-order valence-electron chi connectivity index (χ4n) is 5.27. The van der Waals surface area contributed by atoms with E-state index in [4.69, 9.17) is 0 Å². The Hall–Kier alpha value is -4.10. The van der Waals surface area contributed by atoms with Gasteiger partial charge in [-0.15, -0.1) is 0 Å². The lowest BCUT2D eigenvalue weighted by atomic mass is 9.79. The summed E-state index contributed by atoms with van der Waals surface area (Å²) in [5.41, 5.74) is 10.2. The van der Waals surface area contributed by atoms with E-state index < -0.39 is 0 Å². The lowest BCUT2D eigenvalue weighted by Gasteiger charge is -2.40. The van der Waals surface area contributed by atoms with E-state index in [2.05, 4.69) is 145 Å². The fourth-order valence-corrected chi connectivity index (χ4v) is 5.27. The minimum Gasteiger partial charge on any atom is -0.333 e. The smallest absolute Gasteiger partial charge is 0.0597 e. The molecule has 2 atom stereocenters. The first kappa shape index (κ1) is 20.5. The minimum atomic E-state index is 0.164. The topological polar surface area (TPSA) is 3.24 Å². The molecule has 0 saturated heterocycles. The van der Waals surface area contributed by atoms with E-state index in [1.807, 2.05) is 0 Å². The van der Waals surface area contributed by atoms with Crippen LogP contribution in [0.4, 0.5) is 11.4 Å². The van der Waals surface area contributed by atoms with Gasteiger partial charge in [-0.2, -0.15) is 0 Å². The van der Waals surface area contributed by atoms with Gasteiger partial charge in [0.2, 0.25) is 0 Å². The number of nitrogens with zero attached hydrogens (tertiary/aromatic N) is 1.